The SMILES string of the molecule is CN(Cc1ccon1)C(=O)c1coc(CN2CCN(C/C=C/c3ccccc3)CC2)n1. The summed E-state index contributed by atoms with van der Waals surface area (Å²) >= 11 is 0. The third kappa shape index (κ3) is 5.90. The number of hydrogen-bond donors (Lipinski definition) is 0. The van der Waals surface area contributed by atoms with Crippen molar-refractivity contribution in [1.82, 2.24) is 24.8 Å². The van der Waals surface area contributed by atoms with Crippen molar-refractivity contribution in [2.45, 2.75) is 13.1 Å². The zero-order valence-electron chi connectivity index (χ0n) is 17.7. The van der Waals surface area contributed by atoms with Crippen molar-refractivity contribution in [1.29, 1.82) is 0 Å². The standard InChI is InChI=1S/C23H27N5O3/c1-26(16-20-9-15-31-25-20)23(29)21-18-30-22(24-21)17-28-13-11-27(12-14-28)10-5-8-19-6-3-2-4-7-19/h2-9,15,18H,10-14,16-17H2,1H3/b8-5+. The monoisotopic (exact) mass is 421 g/mol. The van der Waals surface area contributed by atoms with E-state index in [0.29, 0.717) is 30.4 Å². The molecule has 1 aliphatic rings. The van der Waals surface area contributed by atoms with Gasteiger partial charge in [0.05, 0.1) is 13.1 Å². The molecule has 8 nitrogen and oxygen atoms in total. The first-order valence-electron chi connectivity index (χ1n) is 10.4. The Morgan fingerprint density at radius 3 is 2.65 bits per heavy atom. The quantitative estimate of drug-likeness (QED) is 0.553. The Morgan fingerprint density at radius 2 is 1.90 bits per heavy atom. The van der Waals surface area contributed by atoms with E-state index in [0.717, 1.165) is 32.7 Å². The lowest BCUT2D eigenvalue weighted by Gasteiger charge is -2.33. The van der Waals surface area contributed by atoms with Crippen LogP contribution in [0.25, 0.3) is 6.08 Å². The van der Waals surface area contributed by atoms with Crippen molar-refractivity contribution in [3.63, 3.8) is 0 Å². The first kappa shape index (κ1) is 21.0. The number of carbonyl (C=O) groups excluding carboxylic acids is 1. The molecular formula is C23H27N5O3. The Bertz CT molecular complexity index is 976. The van der Waals surface area contributed by atoms with Crippen LogP contribution in [0.4, 0.5) is 0 Å². The van der Waals surface area contributed by atoms with Crippen LogP contribution in [0.15, 0.2) is 63.9 Å². The highest BCUT2D eigenvalue weighted by Gasteiger charge is 2.21. The molecule has 0 aliphatic carbocycles. The molecule has 8 heteroatoms. The maximum atomic E-state index is 12.5. The summed E-state index contributed by atoms with van der Waals surface area (Å²) in [5, 5.41) is 3.83. The Hall–Kier alpha value is -3.23. The van der Waals surface area contributed by atoms with Gasteiger partial charge in [-0.15, -0.1) is 0 Å². The lowest BCUT2D eigenvalue weighted by Crippen LogP contribution is -2.45. The Morgan fingerprint density at radius 1 is 1.13 bits per heavy atom. The normalized spacial score (nSPS) is 15.5. The third-order valence-electron chi connectivity index (χ3n) is 5.31. The number of hydrogen-bond acceptors (Lipinski definition) is 7. The fourth-order valence-corrected chi connectivity index (χ4v) is 3.53. The predicted molar refractivity (Wildman–Crippen MR) is 116 cm³/mol. The molecule has 1 aliphatic heterocycles. The lowest BCUT2D eigenvalue weighted by atomic mass is 10.2. The van der Waals surface area contributed by atoms with Gasteiger partial charge in [-0.05, 0) is 5.56 Å². The van der Waals surface area contributed by atoms with Crippen LogP contribution in [0.3, 0.4) is 0 Å². The highest BCUT2D eigenvalue weighted by Crippen LogP contribution is 2.12. The average molecular weight is 422 g/mol. The summed E-state index contributed by atoms with van der Waals surface area (Å²) in [6.07, 6.45) is 7.30. The summed E-state index contributed by atoms with van der Waals surface area (Å²) in [7, 11) is 1.71. The molecule has 3 aromatic rings. The third-order valence-corrected chi connectivity index (χ3v) is 5.31. The molecule has 0 unspecified atom stereocenters. The molecule has 1 fully saturated rings. The lowest BCUT2D eigenvalue weighted by molar-refractivity contribution is 0.0776. The van der Waals surface area contributed by atoms with Gasteiger partial charge < -0.3 is 13.8 Å². The number of aromatic nitrogens is 2. The molecular weight excluding hydrogens is 394 g/mol. The van der Waals surface area contributed by atoms with Crippen LogP contribution in [-0.4, -0.2) is 70.5 Å². The van der Waals surface area contributed by atoms with Crippen molar-refractivity contribution in [3.05, 3.63) is 77.8 Å². The van der Waals surface area contributed by atoms with Gasteiger partial charge in [0, 0.05) is 45.8 Å². The molecule has 0 radical (unpaired) electrons. The van der Waals surface area contributed by atoms with Crippen molar-refractivity contribution in [3.8, 4) is 0 Å². The topological polar surface area (TPSA) is 78.9 Å². The van der Waals surface area contributed by atoms with Gasteiger partial charge in [-0.3, -0.25) is 14.6 Å². The minimum absolute atomic E-state index is 0.201. The number of benzene rings is 1. The largest absolute Gasteiger partial charge is 0.447 e. The number of nitrogens with zero attached hydrogens (tertiary/aromatic N) is 5. The molecule has 0 spiro atoms. The summed E-state index contributed by atoms with van der Waals surface area (Å²) in [4.78, 5) is 23.2. The van der Waals surface area contributed by atoms with E-state index >= 15 is 0 Å². The van der Waals surface area contributed by atoms with Crippen LogP contribution in [0.1, 0.15) is 27.6 Å². The van der Waals surface area contributed by atoms with E-state index in [4.69, 9.17) is 8.94 Å². The van der Waals surface area contributed by atoms with Gasteiger partial charge in [0.25, 0.3) is 5.91 Å². The number of oxazole rings is 1. The highest BCUT2D eigenvalue weighted by atomic mass is 16.5. The second kappa shape index (κ2) is 10.2. The summed E-state index contributed by atoms with van der Waals surface area (Å²) < 4.78 is 10.4. The minimum atomic E-state index is -0.201. The van der Waals surface area contributed by atoms with Crippen molar-refractivity contribution in [2.75, 3.05) is 39.8 Å². The van der Waals surface area contributed by atoms with Crippen molar-refractivity contribution < 1.29 is 13.7 Å². The highest BCUT2D eigenvalue weighted by molar-refractivity contribution is 5.91. The molecule has 4 rings (SSSR count). The summed E-state index contributed by atoms with van der Waals surface area (Å²) in [6.45, 7) is 5.77. The minimum Gasteiger partial charge on any atom is -0.447 e. The molecule has 0 atom stereocenters. The van der Waals surface area contributed by atoms with Gasteiger partial charge in [0.15, 0.2) is 5.69 Å². The van der Waals surface area contributed by atoms with Crippen LogP contribution in [0.5, 0.6) is 0 Å². The molecule has 0 saturated carbocycles. The second-order valence-corrected chi connectivity index (χ2v) is 7.67. The van der Waals surface area contributed by atoms with Gasteiger partial charge in [-0.1, -0.05) is 47.6 Å². The van der Waals surface area contributed by atoms with Gasteiger partial charge in [-0.25, -0.2) is 4.98 Å². The fraction of sp³-hybridized carbons (Fsp3) is 0.348. The smallest absolute Gasteiger partial charge is 0.275 e. The second-order valence-electron chi connectivity index (χ2n) is 7.67. The Labute approximate surface area is 181 Å². The summed E-state index contributed by atoms with van der Waals surface area (Å²) in [5.74, 6) is 0.364. The summed E-state index contributed by atoms with van der Waals surface area (Å²) in [5.41, 5.74) is 2.23. The van der Waals surface area contributed by atoms with Crippen molar-refractivity contribution >= 4 is 12.0 Å². The molecule has 1 aromatic carbocycles. The fourth-order valence-electron chi connectivity index (χ4n) is 3.53. The molecule has 1 saturated heterocycles. The van der Waals surface area contributed by atoms with E-state index in [2.05, 4.69) is 56.4 Å². The number of amides is 1. The van der Waals surface area contributed by atoms with E-state index in [1.807, 2.05) is 6.07 Å². The maximum Gasteiger partial charge on any atom is 0.275 e. The number of rotatable bonds is 8. The first-order valence-corrected chi connectivity index (χ1v) is 10.4. The van der Waals surface area contributed by atoms with Crippen molar-refractivity contribution in [2.24, 2.45) is 0 Å². The molecule has 2 aromatic heterocycles. The summed E-state index contributed by atoms with van der Waals surface area (Å²) in [6, 6.07) is 12.1. The predicted octanol–water partition coefficient (Wildman–Crippen LogP) is 2.77. The Balaban J connectivity index is 1.21. The van der Waals surface area contributed by atoms with E-state index < -0.39 is 0 Å². The molecule has 0 N–H and O–H groups in total. The van der Waals surface area contributed by atoms with Crippen LogP contribution >= 0.6 is 0 Å². The van der Waals surface area contributed by atoms with Gasteiger partial charge in [0.2, 0.25) is 5.89 Å². The molecule has 1 amide bonds. The zero-order chi connectivity index (χ0) is 21.5. The number of piperazine rings is 1. The van der Waals surface area contributed by atoms with Crippen LogP contribution in [0, 0.1) is 0 Å². The van der Waals surface area contributed by atoms with Crippen LogP contribution < -0.4 is 0 Å². The number of carbonyl (C=O) groups is 1. The van der Waals surface area contributed by atoms with Gasteiger partial charge in [0.1, 0.15) is 18.2 Å². The van der Waals surface area contributed by atoms with E-state index in [1.54, 1.807) is 18.0 Å². The van der Waals surface area contributed by atoms with Crippen LogP contribution in [0.2, 0.25) is 0 Å². The molecule has 0 bridgehead atoms. The van der Waals surface area contributed by atoms with E-state index in [1.165, 1.54) is 18.1 Å². The van der Waals surface area contributed by atoms with Gasteiger partial charge in [-0.2, -0.15) is 0 Å². The molecule has 31 heavy (non-hydrogen) atoms. The molecule has 3 heterocycles. The van der Waals surface area contributed by atoms with Gasteiger partial charge >= 0.3 is 0 Å². The average Bonchev–Trinajstić information content (AvgIpc) is 3.47. The maximum absolute atomic E-state index is 12.5. The Kier molecular flexibility index (Phi) is 6.91. The first-order chi connectivity index (χ1) is 15.2. The zero-order valence-corrected chi connectivity index (χ0v) is 17.7. The van der Waals surface area contributed by atoms with E-state index in [-0.39, 0.29) is 5.91 Å². The van der Waals surface area contributed by atoms with Crippen LogP contribution in [-0.2, 0) is 13.1 Å². The molecule has 162 valence electrons. The van der Waals surface area contributed by atoms with E-state index in [9.17, 15) is 4.79 Å².